The van der Waals surface area contributed by atoms with Crippen LogP contribution in [-0.4, -0.2) is 36.0 Å². The Labute approximate surface area is 90.7 Å². The van der Waals surface area contributed by atoms with Crippen molar-refractivity contribution in [2.45, 2.75) is 13.5 Å². The first kappa shape index (κ1) is 10.0. The van der Waals surface area contributed by atoms with Crippen molar-refractivity contribution < 1.29 is 4.58 Å². The Morgan fingerprint density at radius 1 is 1.40 bits per heavy atom. The average molecular weight is 204 g/mol. The number of nitrogens with zero attached hydrogens (tertiary/aromatic N) is 2. The van der Waals surface area contributed by atoms with Gasteiger partial charge in [0, 0.05) is 24.9 Å². The summed E-state index contributed by atoms with van der Waals surface area (Å²) in [5.41, 5.74) is 3.84. The number of allylic oxidation sites excluding steroid dienone is 1. The summed E-state index contributed by atoms with van der Waals surface area (Å²) >= 11 is 0. The minimum atomic E-state index is 1.01. The zero-order valence-corrected chi connectivity index (χ0v) is 9.62. The third-order valence-corrected chi connectivity index (χ3v) is 2.67. The molecule has 1 aromatic rings. The van der Waals surface area contributed by atoms with Crippen LogP contribution in [0, 0.1) is 6.92 Å². The molecule has 1 aromatic heterocycles. The molecule has 0 unspecified atom stereocenters. The van der Waals surface area contributed by atoms with Gasteiger partial charge in [0.15, 0.2) is 6.21 Å². The number of nitrogens with one attached hydrogen (secondary N) is 1. The van der Waals surface area contributed by atoms with E-state index in [1.807, 2.05) is 18.7 Å². The molecule has 0 amide bonds. The maximum atomic E-state index is 3.43. The second kappa shape index (κ2) is 3.93. The first-order valence-corrected chi connectivity index (χ1v) is 5.30. The highest BCUT2D eigenvalue weighted by Gasteiger charge is 2.13. The lowest BCUT2D eigenvalue weighted by molar-refractivity contribution is -0.458. The molecule has 0 atom stereocenters. The van der Waals surface area contributed by atoms with E-state index in [4.69, 9.17) is 0 Å². The SMILES string of the molecule is Cc1ccc2n1CCNC2=CC=[N+](C)C. The van der Waals surface area contributed by atoms with Crippen LogP contribution in [0.15, 0.2) is 18.2 Å². The zero-order chi connectivity index (χ0) is 10.8. The van der Waals surface area contributed by atoms with E-state index in [0.717, 1.165) is 13.1 Å². The van der Waals surface area contributed by atoms with Gasteiger partial charge in [-0.2, -0.15) is 0 Å². The van der Waals surface area contributed by atoms with Crippen molar-refractivity contribution >= 4 is 11.9 Å². The minimum Gasteiger partial charge on any atom is -0.381 e. The summed E-state index contributed by atoms with van der Waals surface area (Å²) in [4.78, 5) is 0. The van der Waals surface area contributed by atoms with Gasteiger partial charge >= 0.3 is 0 Å². The Hall–Kier alpha value is -1.51. The normalized spacial score (nSPS) is 17.1. The van der Waals surface area contributed by atoms with Crippen LogP contribution in [0.25, 0.3) is 5.70 Å². The molecule has 1 aliphatic rings. The maximum absolute atomic E-state index is 3.43. The van der Waals surface area contributed by atoms with Crippen LogP contribution in [0.5, 0.6) is 0 Å². The summed E-state index contributed by atoms with van der Waals surface area (Å²) in [6.07, 6.45) is 4.20. The molecule has 0 fully saturated rings. The van der Waals surface area contributed by atoms with Gasteiger partial charge < -0.3 is 9.88 Å². The summed E-state index contributed by atoms with van der Waals surface area (Å²) < 4.78 is 4.40. The predicted octanol–water partition coefficient (Wildman–Crippen LogP) is 1.08. The van der Waals surface area contributed by atoms with Gasteiger partial charge in [-0.25, -0.2) is 4.58 Å². The van der Waals surface area contributed by atoms with Crippen LogP contribution in [0.4, 0.5) is 0 Å². The summed E-state index contributed by atoms with van der Waals surface area (Å²) in [5.74, 6) is 0. The van der Waals surface area contributed by atoms with Crippen molar-refractivity contribution in [1.29, 1.82) is 0 Å². The lowest BCUT2D eigenvalue weighted by Crippen LogP contribution is -2.27. The molecular weight excluding hydrogens is 186 g/mol. The standard InChI is InChI=1S/C12H17N3/c1-10-4-5-12-11(6-8-14(2)3)13-7-9-15(10)12/h4-6,8H,7,9H2,1-3H3/p+1. The van der Waals surface area contributed by atoms with Gasteiger partial charge in [-0.3, -0.25) is 0 Å². The van der Waals surface area contributed by atoms with Crippen molar-refractivity contribution in [3.8, 4) is 0 Å². The van der Waals surface area contributed by atoms with E-state index in [0.29, 0.717) is 0 Å². The lowest BCUT2D eigenvalue weighted by Gasteiger charge is -2.21. The van der Waals surface area contributed by atoms with E-state index in [2.05, 4.69) is 41.2 Å². The number of rotatable bonds is 1. The second-order valence-corrected chi connectivity index (χ2v) is 4.13. The molecule has 0 radical (unpaired) electrons. The van der Waals surface area contributed by atoms with E-state index >= 15 is 0 Å². The van der Waals surface area contributed by atoms with Gasteiger partial charge in [0.05, 0.1) is 11.4 Å². The lowest BCUT2D eigenvalue weighted by atomic mass is 10.2. The quantitative estimate of drug-likeness (QED) is 0.536. The molecule has 15 heavy (non-hydrogen) atoms. The molecule has 0 saturated heterocycles. The Kier molecular flexibility index (Phi) is 2.62. The molecule has 0 aliphatic carbocycles. The van der Waals surface area contributed by atoms with Gasteiger partial charge in [-0.05, 0) is 19.1 Å². The van der Waals surface area contributed by atoms with Gasteiger partial charge in [0.2, 0.25) is 0 Å². The highest BCUT2D eigenvalue weighted by molar-refractivity contribution is 5.80. The van der Waals surface area contributed by atoms with Gasteiger partial charge in [0.1, 0.15) is 14.1 Å². The summed E-state index contributed by atoms with van der Waals surface area (Å²) in [7, 11) is 4.06. The van der Waals surface area contributed by atoms with Crippen LogP contribution in [0.2, 0.25) is 0 Å². The monoisotopic (exact) mass is 204 g/mol. The van der Waals surface area contributed by atoms with E-state index < -0.39 is 0 Å². The molecule has 1 aliphatic heterocycles. The molecule has 0 aromatic carbocycles. The van der Waals surface area contributed by atoms with Gasteiger partial charge in [-0.15, -0.1) is 0 Å². The molecule has 0 spiro atoms. The first-order chi connectivity index (χ1) is 7.18. The average Bonchev–Trinajstić information content (AvgIpc) is 2.58. The third kappa shape index (κ3) is 1.96. The Morgan fingerprint density at radius 3 is 2.93 bits per heavy atom. The van der Waals surface area contributed by atoms with E-state index in [1.165, 1.54) is 17.1 Å². The highest BCUT2D eigenvalue weighted by Crippen LogP contribution is 2.18. The fourth-order valence-corrected chi connectivity index (χ4v) is 1.86. The maximum Gasteiger partial charge on any atom is 0.165 e. The van der Waals surface area contributed by atoms with Crippen LogP contribution in [0.3, 0.4) is 0 Å². The topological polar surface area (TPSA) is 20.0 Å². The fraction of sp³-hybridized carbons (Fsp3) is 0.417. The molecule has 2 rings (SSSR count). The Balaban J connectivity index is 2.38. The Morgan fingerprint density at radius 2 is 2.20 bits per heavy atom. The van der Waals surface area contributed by atoms with Gasteiger partial charge in [-0.1, -0.05) is 0 Å². The smallest absolute Gasteiger partial charge is 0.165 e. The molecule has 80 valence electrons. The summed E-state index contributed by atoms with van der Waals surface area (Å²) in [6, 6.07) is 4.35. The molecule has 3 heteroatoms. The van der Waals surface area contributed by atoms with Crippen LogP contribution < -0.4 is 5.32 Å². The fourth-order valence-electron chi connectivity index (χ4n) is 1.86. The van der Waals surface area contributed by atoms with Crippen molar-refractivity contribution in [3.05, 3.63) is 29.6 Å². The van der Waals surface area contributed by atoms with Crippen molar-refractivity contribution in [2.24, 2.45) is 0 Å². The second-order valence-electron chi connectivity index (χ2n) is 4.13. The van der Waals surface area contributed by atoms with Crippen molar-refractivity contribution in [1.82, 2.24) is 9.88 Å². The van der Waals surface area contributed by atoms with E-state index in [-0.39, 0.29) is 0 Å². The van der Waals surface area contributed by atoms with Crippen molar-refractivity contribution in [2.75, 3.05) is 20.6 Å². The van der Waals surface area contributed by atoms with E-state index in [1.54, 1.807) is 0 Å². The van der Waals surface area contributed by atoms with E-state index in [9.17, 15) is 0 Å². The summed E-state index contributed by atoms with van der Waals surface area (Å²) in [5, 5.41) is 3.43. The molecular formula is C12H18N3+. The minimum absolute atomic E-state index is 1.01. The largest absolute Gasteiger partial charge is 0.381 e. The molecule has 1 N–H and O–H groups in total. The van der Waals surface area contributed by atoms with Crippen LogP contribution in [-0.2, 0) is 6.54 Å². The van der Waals surface area contributed by atoms with Crippen LogP contribution >= 0.6 is 0 Å². The number of aromatic nitrogens is 1. The number of aryl methyl sites for hydroxylation is 1. The number of fused-ring (bicyclic) bond motifs is 1. The number of hydrogen-bond donors (Lipinski definition) is 1. The first-order valence-electron chi connectivity index (χ1n) is 5.30. The molecule has 0 saturated carbocycles. The summed E-state index contributed by atoms with van der Waals surface area (Å²) in [6.45, 7) is 4.23. The zero-order valence-electron chi connectivity index (χ0n) is 9.62. The van der Waals surface area contributed by atoms with Gasteiger partial charge in [0.25, 0.3) is 0 Å². The van der Waals surface area contributed by atoms with Crippen LogP contribution in [0.1, 0.15) is 11.4 Å². The Bertz CT molecular complexity index is 420. The predicted molar refractivity (Wildman–Crippen MR) is 63.3 cm³/mol. The van der Waals surface area contributed by atoms with Crippen molar-refractivity contribution in [3.63, 3.8) is 0 Å². The molecule has 3 nitrogen and oxygen atoms in total. The number of hydrogen-bond acceptors (Lipinski definition) is 1. The molecule has 2 heterocycles. The third-order valence-electron chi connectivity index (χ3n) is 2.67. The molecule has 0 bridgehead atoms. The highest BCUT2D eigenvalue weighted by atomic mass is 15.1.